The van der Waals surface area contributed by atoms with Crippen LogP contribution in [0.15, 0.2) is 0 Å². The molecule has 1 atom stereocenters. The van der Waals surface area contributed by atoms with Crippen LogP contribution in [-0.4, -0.2) is 28.6 Å². The van der Waals surface area contributed by atoms with Gasteiger partial charge in [0.15, 0.2) is 0 Å². The Morgan fingerprint density at radius 3 is 2.27 bits per heavy atom. The molecule has 0 saturated heterocycles. The van der Waals surface area contributed by atoms with Gasteiger partial charge >= 0.3 is 0 Å². The van der Waals surface area contributed by atoms with Crippen molar-refractivity contribution in [2.75, 3.05) is 11.0 Å². The Balaban J connectivity index is 3.92. The summed E-state index contributed by atoms with van der Waals surface area (Å²) in [6.45, 7) is 10.2. The van der Waals surface area contributed by atoms with E-state index in [2.05, 4.69) is 41.8 Å². The summed E-state index contributed by atoms with van der Waals surface area (Å²) in [6.07, 6.45) is 0. The van der Waals surface area contributed by atoms with Gasteiger partial charge in [0, 0.05) is 10.5 Å². The van der Waals surface area contributed by atoms with Crippen molar-refractivity contribution >= 4 is 28.5 Å². The van der Waals surface area contributed by atoms with E-state index in [0.717, 1.165) is 4.43 Å². The molecule has 0 heterocycles. The van der Waals surface area contributed by atoms with Crippen molar-refractivity contribution < 1.29 is 9.53 Å². The van der Waals surface area contributed by atoms with Crippen molar-refractivity contribution in [3.63, 3.8) is 0 Å². The summed E-state index contributed by atoms with van der Waals surface area (Å²) in [6, 6.07) is 0.238. The van der Waals surface area contributed by atoms with Gasteiger partial charge in [0.1, 0.15) is 6.61 Å². The van der Waals surface area contributed by atoms with E-state index in [1.807, 2.05) is 20.8 Å². The van der Waals surface area contributed by atoms with Crippen molar-refractivity contribution in [3.8, 4) is 0 Å². The Morgan fingerprint density at radius 1 is 1.40 bits per heavy atom. The lowest BCUT2D eigenvalue weighted by Gasteiger charge is -2.22. The predicted molar refractivity (Wildman–Crippen MR) is 71.4 cm³/mol. The third-order valence-corrected chi connectivity index (χ3v) is 2.90. The van der Waals surface area contributed by atoms with Crippen molar-refractivity contribution in [3.05, 3.63) is 0 Å². The van der Waals surface area contributed by atoms with Crippen molar-refractivity contribution in [1.82, 2.24) is 5.32 Å². The molecule has 1 N–H and O–H groups in total. The molecule has 1 unspecified atom stereocenters. The molecule has 15 heavy (non-hydrogen) atoms. The maximum atomic E-state index is 11.5. The van der Waals surface area contributed by atoms with Gasteiger partial charge in [0.05, 0.1) is 5.60 Å². The first-order chi connectivity index (χ1) is 6.76. The highest BCUT2D eigenvalue weighted by Gasteiger charge is 2.17. The highest BCUT2D eigenvalue weighted by molar-refractivity contribution is 14.1. The topological polar surface area (TPSA) is 38.3 Å². The Hall–Kier alpha value is 0.160. The van der Waals surface area contributed by atoms with Gasteiger partial charge in [-0.05, 0) is 26.7 Å². The predicted octanol–water partition coefficient (Wildman–Crippen LogP) is 2.38. The van der Waals surface area contributed by atoms with Crippen LogP contribution in [0.2, 0.25) is 0 Å². The molecule has 3 nitrogen and oxygen atoms in total. The van der Waals surface area contributed by atoms with E-state index in [9.17, 15) is 4.79 Å². The number of nitrogens with one attached hydrogen (secondary N) is 1. The van der Waals surface area contributed by atoms with Crippen LogP contribution in [-0.2, 0) is 9.53 Å². The van der Waals surface area contributed by atoms with Crippen molar-refractivity contribution in [2.24, 2.45) is 5.92 Å². The van der Waals surface area contributed by atoms with Crippen LogP contribution in [0.4, 0.5) is 0 Å². The van der Waals surface area contributed by atoms with E-state index in [1.54, 1.807) is 0 Å². The van der Waals surface area contributed by atoms with E-state index in [1.165, 1.54) is 0 Å². The number of ether oxygens (including phenoxy) is 1. The fourth-order valence-corrected chi connectivity index (χ4v) is 2.15. The molecular weight excluding hydrogens is 305 g/mol. The molecular formula is C11H22INO2. The van der Waals surface area contributed by atoms with Gasteiger partial charge in [-0.3, -0.25) is 4.79 Å². The summed E-state index contributed by atoms with van der Waals surface area (Å²) < 4.78 is 6.33. The quantitative estimate of drug-likeness (QED) is 0.622. The zero-order chi connectivity index (χ0) is 12.1. The number of hydrogen-bond donors (Lipinski definition) is 1. The summed E-state index contributed by atoms with van der Waals surface area (Å²) in [5, 5.41) is 2.97. The molecule has 0 bridgehead atoms. The molecule has 0 aliphatic heterocycles. The molecule has 0 aromatic carbocycles. The van der Waals surface area contributed by atoms with Crippen LogP contribution in [0.3, 0.4) is 0 Å². The maximum Gasteiger partial charge on any atom is 0.246 e. The van der Waals surface area contributed by atoms with Gasteiger partial charge in [0.2, 0.25) is 5.91 Å². The van der Waals surface area contributed by atoms with Crippen LogP contribution in [0.1, 0.15) is 34.6 Å². The van der Waals surface area contributed by atoms with Gasteiger partial charge in [-0.2, -0.15) is 0 Å². The number of hydrogen-bond acceptors (Lipinski definition) is 2. The molecule has 0 aromatic heterocycles. The molecule has 0 aromatic rings. The van der Waals surface area contributed by atoms with Gasteiger partial charge in [-0.25, -0.2) is 0 Å². The SMILES string of the molecule is CC(C)C(CI)NC(=O)COC(C)(C)C. The van der Waals surface area contributed by atoms with Gasteiger partial charge in [-0.15, -0.1) is 0 Å². The molecule has 1 amide bonds. The lowest BCUT2D eigenvalue weighted by Crippen LogP contribution is -2.42. The van der Waals surface area contributed by atoms with Gasteiger partial charge < -0.3 is 10.1 Å². The molecule has 90 valence electrons. The van der Waals surface area contributed by atoms with E-state index in [0.29, 0.717) is 5.92 Å². The Labute approximate surface area is 106 Å². The average Bonchev–Trinajstić information content (AvgIpc) is 2.09. The number of amides is 1. The standard InChI is InChI=1S/C11H22INO2/c1-8(2)9(6-12)13-10(14)7-15-11(3,4)5/h8-9H,6-7H2,1-5H3,(H,13,14). The zero-order valence-electron chi connectivity index (χ0n) is 10.3. The van der Waals surface area contributed by atoms with Gasteiger partial charge in [-0.1, -0.05) is 36.4 Å². The Kier molecular flexibility index (Phi) is 6.75. The minimum atomic E-state index is -0.255. The molecule has 0 radical (unpaired) electrons. The Bertz CT molecular complexity index is 199. The lowest BCUT2D eigenvalue weighted by molar-refractivity contribution is -0.131. The molecule has 0 fully saturated rings. The van der Waals surface area contributed by atoms with Crippen molar-refractivity contribution in [1.29, 1.82) is 0 Å². The minimum absolute atomic E-state index is 0.0275. The fourth-order valence-electron chi connectivity index (χ4n) is 0.914. The highest BCUT2D eigenvalue weighted by atomic mass is 127. The number of carbonyl (C=O) groups excluding carboxylic acids is 1. The number of rotatable bonds is 5. The second-order valence-electron chi connectivity index (χ2n) is 4.97. The first kappa shape index (κ1) is 15.2. The first-order valence-electron chi connectivity index (χ1n) is 5.25. The molecule has 0 saturated carbocycles. The van der Waals surface area contributed by atoms with Crippen molar-refractivity contribution in [2.45, 2.75) is 46.3 Å². The van der Waals surface area contributed by atoms with Crippen LogP contribution in [0.25, 0.3) is 0 Å². The Morgan fingerprint density at radius 2 is 1.93 bits per heavy atom. The van der Waals surface area contributed by atoms with Crippen LogP contribution < -0.4 is 5.32 Å². The molecule has 0 spiro atoms. The normalized spacial score (nSPS) is 14.1. The average molecular weight is 327 g/mol. The maximum absolute atomic E-state index is 11.5. The fraction of sp³-hybridized carbons (Fsp3) is 0.909. The molecule has 0 aliphatic rings. The first-order valence-corrected chi connectivity index (χ1v) is 6.78. The third kappa shape index (κ3) is 8.02. The van der Waals surface area contributed by atoms with Crippen LogP contribution in [0, 0.1) is 5.92 Å². The number of carbonyl (C=O) groups is 1. The molecule has 4 heteroatoms. The number of alkyl halides is 1. The monoisotopic (exact) mass is 327 g/mol. The second-order valence-corrected chi connectivity index (χ2v) is 5.85. The summed E-state index contributed by atoms with van der Waals surface area (Å²) >= 11 is 2.29. The minimum Gasteiger partial charge on any atom is -0.366 e. The second kappa shape index (κ2) is 6.68. The third-order valence-electron chi connectivity index (χ3n) is 1.95. The van der Waals surface area contributed by atoms with Crippen LogP contribution >= 0.6 is 22.6 Å². The van der Waals surface area contributed by atoms with Crippen LogP contribution in [0.5, 0.6) is 0 Å². The van der Waals surface area contributed by atoms with E-state index in [-0.39, 0.29) is 24.2 Å². The summed E-state index contributed by atoms with van der Waals surface area (Å²) in [5.74, 6) is 0.431. The number of halogens is 1. The highest BCUT2D eigenvalue weighted by Crippen LogP contribution is 2.07. The summed E-state index contributed by atoms with van der Waals surface area (Å²) in [4.78, 5) is 11.5. The van der Waals surface area contributed by atoms with E-state index in [4.69, 9.17) is 4.74 Å². The largest absolute Gasteiger partial charge is 0.366 e. The molecule has 0 aliphatic carbocycles. The summed E-state index contributed by atoms with van der Waals surface area (Å²) in [7, 11) is 0. The van der Waals surface area contributed by atoms with E-state index >= 15 is 0 Å². The van der Waals surface area contributed by atoms with Gasteiger partial charge in [0.25, 0.3) is 0 Å². The smallest absolute Gasteiger partial charge is 0.246 e. The molecule has 0 rings (SSSR count). The van der Waals surface area contributed by atoms with E-state index < -0.39 is 0 Å². The lowest BCUT2D eigenvalue weighted by atomic mass is 10.1. The zero-order valence-corrected chi connectivity index (χ0v) is 12.4. The summed E-state index contributed by atoms with van der Waals surface area (Å²) in [5.41, 5.74) is -0.255.